The van der Waals surface area contributed by atoms with Crippen molar-refractivity contribution < 1.29 is 19.0 Å². The smallest absolute Gasteiger partial charge is 0.339 e. The average molecular weight is 337 g/mol. The van der Waals surface area contributed by atoms with Gasteiger partial charge in [0.15, 0.2) is 6.10 Å². The van der Waals surface area contributed by atoms with Crippen LogP contribution in [0.15, 0.2) is 72.8 Å². The first-order valence-corrected chi connectivity index (χ1v) is 7.65. The van der Waals surface area contributed by atoms with E-state index in [1.54, 1.807) is 36.4 Å². The number of aromatic carboxylic acids is 1. The minimum atomic E-state index is -1.16. The third-order valence-electron chi connectivity index (χ3n) is 3.77. The van der Waals surface area contributed by atoms with Gasteiger partial charge >= 0.3 is 5.97 Å². The maximum atomic E-state index is 14.3. The highest BCUT2D eigenvalue weighted by molar-refractivity contribution is 5.92. The molecule has 0 bridgehead atoms. The number of hydrogen-bond acceptors (Lipinski definition) is 3. The number of benzene rings is 3. The van der Waals surface area contributed by atoms with Crippen LogP contribution < -0.4 is 10.5 Å². The lowest BCUT2D eigenvalue weighted by molar-refractivity contribution is 0.0690. The molecule has 4 nitrogen and oxygen atoms in total. The first-order valence-electron chi connectivity index (χ1n) is 7.65. The molecule has 0 fully saturated rings. The summed E-state index contributed by atoms with van der Waals surface area (Å²) in [6.07, 6.45) is -0.788. The molecule has 3 rings (SSSR count). The van der Waals surface area contributed by atoms with Gasteiger partial charge in [-0.25, -0.2) is 9.18 Å². The van der Waals surface area contributed by atoms with Crippen molar-refractivity contribution in [1.29, 1.82) is 0 Å². The maximum absolute atomic E-state index is 14.3. The number of carboxylic acid groups (broad SMARTS) is 1. The van der Waals surface area contributed by atoms with Crippen molar-refractivity contribution in [3.8, 4) is 5.75 Å². The summed E-state index contributed by atoms with van der Waals surface area (Å²) < 4.78 is 20.3. The summed E-state index contributed by atoms with van der Waals surface area (Å²) in [5.74, 6) is -1.47. The van der Waals surface area contributed by atoms with E-state index in [-0.39, 0.29) is 11.3 Å². The Kier molecular flexibility index (Phi) is 4.66. The van der Waals surface area contributed by atoms with Crippen molar-refractivity contribution in [2.45, 2.75) is 6.10 Å². The molecule has 0 radical (unpaired) electrons. The molecule has 25 heavy (non-hydrogen) atoms. The van der Waals surface area contributed by atoms with E-state index in [1.807, 2.05) is 18.2 Å². The summed E-state index contributed by atoms with van der Waals surface area (Å²) in [7, 11) is 0. The van der Waals surface area contributed by atoms with Crippen LogP contribution in [0.4, 0.5) is 10.1 Å². The van der Waals surface area contributed by atoms with Gasteiger partial charge in [-0.2, -0.15) is 0 Å². The van der Waals surface area contributed by atoms with Crippen LogP contribution in [0.25, 0.3) is 0 Å². The largest absolute Gasteiger partial charge is 0.480 e. The zero-order chi connectivity index (χ0) is 17.8. The Balaban J connectivity index is 2.09. The SMILES string of the molecule is Nc1ccc(OC(c2ccccc2)c2ccccc2F)c(C(=O)O)c1. The molecule has 1 unspecified atom stereocenters. The minimum absolute atomic E-state index is 0.0720. The van der Waals surface area contributed by atoms with E-state index in [0.29, 0.717) is 16.8 Å². The molecule has 1 atom stereocenters. The second-order valence-corrected chi connectivity index (χ2v) is 5.49. The molecular formula is C20H16FNO3. The predicted octanol–water partition coefficient (Wildman–Crippen LogP) is 4.27. The number of ether oxygens (including phenoxy) is 1. The van der Waals surface area contributed by atoms with Gasteiger partial charge in [0.2, 0.25) is 0 Å². The highest BCUT2D eigenvalue weighted by atomic mass is 19.1. The molecule has 5 heteroatoms. The van der Waals surface area contributed by atoms with E-state index in [2.05, 4.69) is 0 Å². The second kappa shape index (κ2) is 7.05. The Bertz CT molecular complexity index is 896. The highest BCUT2D eigenvalue weighted by Gasteiger charge is 2.22. The Morgan fingerprint density at radius 3 is 2.36 bits per heavy atom. The summed E-state index contributed by atoms with van der Waals surface area (Å²) in [5.41, 5.74) is 6.93. The van der Waals surface area contributed by atoms with E-state index in [1.165, 1.54) is 18.2 Å². The van der Waals surface area contributed by atoms with E-state index in [0.717, 1.165) is 0 Å². The molecule has 0 heterocycles. The first kappa shape index (κ1) is 16.5. The van der Waals surface area contributed by atoms with Gasteiger partial charge in [-0.3, -0.25) is 0 Å². The van der Waals surface area contributed by atoms with Crippen LogP contribution in [0.3, 0.4) is 0 Å². The number of rotatable bonds is 5. The van der Waals surface area contributed by atoms with Gasteiger partial charge in [-0.15, -0.1) is 0 Å². The molecule has 3 aromatic carbocycles. The summed E-state index contributed by atoms with van der Waals surface area (Å²) in [5, 5.41) is 9.39. The number of carbonyl (C=O) groups is 1. The standard InChI is InChI=1S/C20H16FNO3/c21-17-9-5-4-8-15(17)19(13-6-2-1-3-7-13)25-18-11-10-14(22)12-16(18)20(23)24/h1-12,19H,22H2,(H,23,24). The lowest BCUT2D eigenvalue weighted by atomic mass is 10.0. The zero-order valence-electron chi connectivity index (χ0n) is 13.2. The zero-order valence-corrected chi connectivity index (χ0v) is 13.2. The summed E-state index contributed by atoms with van der Waals surface area (Å²) in [6.45, 7) is 0. The molecule has 0 aliphatic rings. The van der Waals surface area contributed by atoms with Crippen molar-refractivity contribution >= 4 is 11.7 Å². The fourth-order valence-corrected chi connectivity index (χ4v) is 2.57. The van der Waals surface area contributed by atoms with Crippen LogP contribution in [0.2, 0.25) is 0 Å². The van der Waals surface area contributed by atoms with Crippen molar-refractivity contribution in [2.75, 3.05) is 5.73 Å². The van der Waals surface area contributed by atoms with E-state index in [9.17, 15) is 14.3 Å². The van der Waals surface area contributed by atoms with Crippen LogP contribution in [-0.4, -0.2) is 11.1 Å². The van der Waals surface area contributed by atoms with Crippen molar-refractivity contribution in [3.05, 3.63) is 95.3 Å². The molecule has 126 valence electrons. The Hall–Kier alpha value is -3.34. The van der Waals surface area contributed by atoms with Crippen LogP contribution >= 0.6 is 0 Å². The van der Waals surface area contributed by atoms with Crippen molar-refractivity contribution in [3.63, 3.8) is 0 Å². The number of carboxylic acids is 1. The van der Waals surface area contributed by atoms with Crippen LogP contribution in [0.1, 0.15) is 27.6 Å². The Morgan fingerprint density at radius 1 is 1.00 bits per heavy atom. The Labute approximate surface area is 144 Å². The maximum Gasteiger partial charge on any atom is 0.339 e. The van der Waals surface area contributed by atoms with E-state index < -0.39 is 17.9 Å². The van der Waals surface area contributed by atoms with Gasteiger partial charge in [-0.1, -0.05) is 48.5 Å². The number of nitrogen functional groups attached to an aromatic ring is 1. The number of halogens is 1. The normalized spacial score (nSPS) is 11.7. The van der Waals surface area contributed by atoms with Gasteiger partial charge in [0.1, 0.15) is 17.1 Å². The lowest BCUT2D eigenvalue weighted by Crippen LogP contribution is -2.13. The molecule has 0 saturated heterocycles. The molecule has 0 aliphatic heterocycles. The molecule has 0 amide bonds. The number of anilines is 1. The van der Waals surface area contributed by atoms with Gasteiger partial charge in [0, 0.05) is 11.3 Å². The van der Waals surface area contributed by atoms with Crippen LogP contribution in [-0.2, 0) is 0 Å². The van der Waals surface area contributed by atoms with Crippen molar-refractivity contribution in [1.82, 2.24) is 0 Å². The van der Waals surface area contributed by atoms with E-state index >= 15 is 0 Å². The molecule has 0 aliphatic carbocycles. The van der Waals surface area contributed by atoms with Crippen LogP contribution in [0.5, 0.6) is 5.75 Å². The third-order valence-corrected chi connectivity index (χ3v) is 3.77. The number of nitrogens with two attached hydrogens (primary N) is 1. The molecule has 0 aromatic heterocycles. The van der Waals surface area contributed by atoms with Gasteiger partial charge in [0.05, 0.1) is 0 Å². The third kappa shape index (κ3) is 3.61. The monoisotopic (exact) mass is 337 g/mol. The molecule has 3 N–H and O–H groups in total. The molecule has 3 aromatic rings. The molecular weight excluding hydrogens is 321 g/mol. The fraction of sp³-hybridized carbons (Fsp3) is 0.0500. The van der Waals surface area contributed by atoms with Gasteiger partial charge in [-0.05, 0) is 29.8 Å². The molecule has 0 saturated carbocycles. The van der Waals surface area contributed by atoms with Gasteiger partial charge in [0.25, 0.3) is 0 Å². The summed E-state index contributed by atoms with van der Waals surface area (Å²) in [4.78, 5) is 11.5. The number of hydrogen-bond donors (Lipinski definition) is 2. The second-order valence-electron chi connectivity index (χ2n) is 5.49. The van der Waals surface area contributed by atoms with Gasteiger partial charge < -0.3 is 15.6 Å². The fourth-order valence-electron chi connectivity index (χ4n) is 2.57. The van der Waals surface area contributed by atoms with Crippen molar-refractivity contribution in [2.24, 2.45) is 0 Å². The molecule has 0 spiro atoms. The first-order chi connectivity index (χ1) is 12.1. The topological polar surface area (TPSA) is 72.5 Å². The minimum Gasteiger partial charge on any atom is -0.480 e. The van der Waals surface area contributed by atoms with E-state index in [4.69, 9.17) is 10.5 Å². The highest BCUT2D eigenvalue weighted by Crippen LogP contribution is 2.32. The predicted molar refractivity (Wildman–Crippen MR) is 93.1 cm³/mol. The summed E-state index contributed by atoms with van der Waals surface area (Å²) in [6, 6.07) is 19.7. The lowest BCUT2D eigenvalue weighted by Gasteiger charge is -2.22. The summed E-state index contributed by atoms with van der Waals surface area (Å²) >= 11 is 0. The Morgan fingerprint density at radius 2 is 1.68 bits per heavy atom. The quantitative estimate of drug-likeness (QED) is 0.682. The average Bonchev–Trinajstić information content (AvgIpc) is 2.62. The van der Waals surface area contributed by atoms with Crippen LogP contribution in [0, 0.1) is 5.82 Å².